The molecule has 0 bridgehead atoms. The van der Waals surface area contributed by atoms with Crippen molar-refractivity contribution in [3.05, 3.63) is 35.9 Å². The van der Waals surface area contributed by atoms with Crippen LogP contribution in [-0.2, 0) is 4.79 Å². The standard InChI is InChI=1S/C14H19NO/c1-11(2)15-9-8-13(10-14(15)16)12-6-4-3-5-7-12/h3-7,11,13H,8-10H2,1-2H3. The minimum Gasteiger partial charge on any atom is -0.340 e. The second-order valence-corrected chi connectivity index (χ2v) is 4.78. The van der Waals surface area contributed by atoms with Crippen LogP contribution in [0.5, 0.6) is 0 Å². The Morgan fingerprint density at radius 1 is 1.25 bits per heavy atom. The van der Waals surface area contributed by atoms with Crippen molar-refractivity contribution in [3.8, 4) is 0 Å². The largest absolute Gasteiger partial charge is 0.340 e. The molecule has 1 unspecified atom stereocenters. The van der Waals surface area contributed by atoms with E-state index in [0.717, 1.165) is 13.0 Å². The van der Waals surface area contributed by atoms with E-state index in [0.29, 0.717) is 24.3 Å². The number of carbonyl (C=O) groups is 1. The molecule has 1 aromatic rings. The van der Waals surface area contributed by atoms with Gasteiger partial charge in [0.1, 0.15) is 0 Å². The van der Waals surface area contributed by atoms with Crippen molar-refractivity contribution in [2.45, 2.75) is 38.6 Å². The number of hydrogen-bond acceptors (Lipinski definition) is 1. The summed E-state index contributed by atoms with van der Waals surface area (Å²) in [5, 5.41) is 0. The number of rotatable bonds is 2. The molecule has 2 rings (SSSR count). The topological polar surface area (TPSA) is 20.3 Å². The number of likely N-dealkylation sites (tertiary alicyclic amines) is 1. The summed E-state index contributed by atoms with van der Waals surface area (Å²) in [4.78, 5) is 13.9. The van der Waals surface area contributed by atoms with Crippen LogP contribution < -0.4 is 0 Å². The number of carbonyl (C=O) groups excluding carboxylic acids is 1. The van der Waals surface area contributed by atoms with Crippen LogP contribution in [0, 0.1) is 0 Å². The SMILES string of the molecule is CC(C)N1CCC(c2ccccc2)CC1=O. The number of nitrogens with zero attached hydrogens (tertiary/aromatic N) is 1. The molecule has 2 heteroatoms. The van der Waals surface area contributed by atoms with E-state index < -0.39 is 0 Å². The lowest BCUT2D eigenvalue weighted by Crippen LogP contribution is -2.42. The Labute approximate surface area is 97.3 Å². The van der Waals surface area contributed by atoms with E-state index in [1.807, 2.05) is 11.0 Å². The molecule has 1 saturated heterocycles. The smallest absolute Gasteiger partial charge is 0.223 e. The molecule has 2 nitrogen and oxygen atoms in total. The van der Waals surface area contributed by atoms with Gasteiger partial charge in [-0.25, -0.2) is 0 Å². The molecule has 0 aromatic heterocycles. The van der Waals surface area contributed by atoms with Crippen molar-refractivity contribution in [1.29, 1.82) is 0 Å². The summed E-state index contributed by atoms with van der Waals surface area (Å²) in [5.74, 6) is 0.721. The maximum atomic E-state index is 11.9. The Bertz CT molecular complexity index is 358. The van der Waals surface area contributed by atoms with E-state index in [-0.39, 0.29) is 0 Å². The summed E-state index contributed by atoms with van der Waals surface area (Å²) >= 11 is 0. The van der Waals surface area contributed by atoms with Gasteiger partial charge >= 0.3 is 0 Å². The molecule has 1 aliphatic rings. The first kappa shape index (κ1) is 11.2. The molecule has 0 N–H and O–H groups in total. The average molecular weight is 217 g/mol. The molecule has 0 radical (unpaired) electrons. The minimum atomic E-state index is 0.301. The third-order valence-corrected chi connectivity index (χ3v) is 3.35. The third kappa shape index (κ3) is 2.26. The van der Waals surface area contributed by atoms with Gasteiger partial charge in [-0.3, -0.25) is 4.79 Å². The Hall–Kier alpha value is -1.31. The summed E-state index contributed by atoms with van der Waals surface area (Å²) in [6.07, 6.45) is 1.76. The quantitative estimate of drug-likeness (QED) is 0.746. The van der Waals surface area contributed by atoms with Gasteiger partial charge in [-0.1, -0.05) is 30.3 Å². The van der Waals surface area contributed by atoms with Gasteiger partial charge in [-0.2, -0.15) is 0 Å². The predicted molar refractivity (Wildman–Crippen MR) is 65.3 cm³/mol. The highest BCUT2D eigenvalue weighted by molar-refractivity contribution is 5.78. The van der Waals surface area contributed by atoms with Gasteiger partial charge in [-0.15, -0.1) is 0 Å². The van der Waals surface area contributed by atoms with Gasteiger partial charge in [-0.05, 0) is 31.7 Å². The van der Waals surface area contributed by atoms with Gasteiger partial charge in [0.2, 0.25) is 5.91 Å². The Morgan fingerprint density at radius 3 is 2.50 bits per heavy atom. The molecule has 1 aliphatic heterocycles. The number of amides is 1. The van der Waals surface area contributed by atoms with E-state index in [1.54, 1.807) is 0 Å². The van der Waals surface area contributed by atoms with Gasteiger partial charge in [0.25, 0.3) is 0 Å². The van der Waals surface area contributed by atoms with Gasteiger partial charge < -0.3 is 4.90 Å². The molecule has 86 valence electrons. The molecule has 1 aromatic carbocycles. The normalized spacial score (nSPS) is 21.6. The average Bonchev–Trinajstić information content (AvgIpc) is 2.29. The molecular formula is C14H19NO. The fourth-order valence-corrected chi connectivity index (χ4v) is 2.41. The van der Waals surface area contributed by atoms with E-state index in [2.05, 4.69) is 38.1 Å². The fraction of sp³-hybridized carbons (Fsp3) is 0.500. The maximum absolute atomic E-state index is 11.9. The summed E-state index contributed by atoms with van der Waals surface area (Å²) in [6.45, 7) is 5.07. The van der Waals surface area contributed by atoms with Crippen molar-refractivity contribution in [2.24, 2.45) is 0 Å². The zero-order chi connectivity index (χ0) is 11.5. The maximum Gasteiger partial charge on any atom is 0.223 e. The highest BCUT2D eigenvalue weighted by Gasteiger charge is 2.27. The number of piperidine rings is 1. The monoisotopic (exact) mass is 217 g/mol. The van der Waals surface area contributed by atoms with Gasteiger partial charge in [0.05, 0.1) is 0 Å². The molecule has 1 heterocycles. The first-order valence-corrected chi connectivity index (χ1v) is 6.03. The van der Waals surface area contributed by atoms with E-state index in [1.165, 1.54) is 5.56 Å². The van der Waals surface area contributed by atoms with Crippen molar-refractivity contribution in [1.82, 2.24) is 4.90 Å². The predicted octanol–water partition coefficient (Wildman–Crippen LogP) is 2.80. The molecule has 1 atom stereocenters. The lowest BCUT2D eigenvalue weighted by molar-refractivity contribution is -0.135. The van der Waals surface area contributed by atoms with Crippen LogP contribution in [0.3, 0.4) is 0 Å². The molecule has 0 saturated carbocycles. The van der Waals surface area contributed by atoms with Crippen LogP contribution >= 0.6 is 0 Å². The van der Waals surface area contributed by atoms with Crippen LogP contribution in [-0.4, -0.2) is 23.4 Å². The summed E-state index contributed by atoms with van der Waals surface area (Å²) in [6, 6.07) is 10.7. The molecular weight excluding hydrogens is 198 g/mol. The molecule has 1 amide bonds. The second-order valence-electron chi connectivity index (χ2n) is 4.78. The van der Waals surface area contributed by atoms with E-state index in [9.17, 15) is 4.79 Å². The van der Waals surface area contributed by atoms with E-state index >= 15 is 0 Å². The van der Waals surface area contributed by atoms with Crippen LogP contribution in [0.2, 0.25) is 0 Å². The lowest BCUT2D eigenvalue weighted by atomic mass is 9.88. The fourth-order valence-electron chi connectivity index (χ4n) is 2.41. The summed E-state index contributed by atoms with van der Waals surface area (Å²) in [5.41, 5.74) is 1.30. The zero-order valence-corrected chi connectivity index (χ0v) is 10.0. The first-order valence-electron chi connectivity index (χ1n) is 6.03. The second kappa shape index (κ2) is 4.69. The van der Waals surface area contributed by atoms with Crippen LogP contribution in [0.1, 0.15) is 38.2 Å². The number of hydrogen-bond donors (Lipinski definition) is 0. The van der Waals surface area contributed by atoms with Crippen molar-refractivity contribution in [3.63, 3.8) is 0 Å². The molecule has 16 heavy (non-hydrogen) atoms. The Balaban J connectivity index is 2.06. The molecule has 0 spiro atoms. The third-order valence-electron chi connectivity index (χ3n) is 3.35. The Kier molecular flexibility index (Phi) is 3.28. The van der Waals surface area contributed by atoms with Crippen LogP contribution in [0.25, 0.3) is 0 Å². The molecule has 0 aliphatic carbocycles. The Morgan fingerprint density at radius 2 is 1.94 bits per heavy atom. The highest BCUT2D eigenvalue weighted by atomic mass is 16.2. The highest BCUT2D eigenvalue weighted by Crippen LogP contribution is 2.29. The van der Waals surface area contributed by atoms with Gasteiger partial charge in [0, 0.05) is 19.0 Å². The summed E-state index contributed by atoms with van der Waals surface area (Å²) in [7, 11) is 0. The molecule has 1 fully saturated rings. The zero-order valence-electron chi connectivity index (χ0n) is 10.0. The summed E-state index contributed by atoms with van der Waals surface area (Å²) < 4.78 is 0. The van der Waals surface area contributed by atoms with Crippen molar-refractivity contribution >= 4 is 5.91 Å². The minimum absolute atomic E-state index is 0.301. The van der Waals surface area contributed by atoms with Crippen LogP contribution in [0.4, 0.5) is 0 Å². The van der Waals surface area contributed by atoms with E-state index in [4.69, 9.17) is 0 Å². The van der Waals surface area contributed by atoms with Gasteiger partial charge in [0.15, 0.2) is 0 Å². The van der Waals surface area contributed by atoms with Crippen molar-refractivity contribution < 1.29 is 4.79 Å². The van der Waals surface area contributed by atoms with Crippen molar-refractivity contribution in [2.75, 3.05) is 6.54 Å². The number of benzene rings is 1. The lowest BCUT2D eigenvalue weighted by Gasteiger charge is -2.34. The van der Waals surface area contributed by atoms with Crippen LogP contribution in [0.15, 0.2) is 30.3 Å². The first-order chi connectivity index (χ1) is 7.68.